The van der Waals surface area contributed by atoms with E-state index in [1.165, 1.54) is 12.1 Å². The summed E-state index contributed by atoms with van der Waals surface area (Å²) in [5, 5.41) is 7.03. The van der Waals surface area contributed by atoms with Crippen molar-refractivity contribution in [2.45, 2.75) is 45.6 Å². The van der Waals surface area contributed by atoms with Gasteiger partial charge in [0.15, 0.2) is 0 Å². The highest BCUT2D eigenvalue weighted by Crippen LogP contribution is 2.24. The SMILES string of the molecule is Cc1noc(C)c1CCC(=O)NCC1CCCN1c1ccccc1. The van der Waals surface area contributed by atoms with Gasteiger partial charge in [0.1, 0.15) is 5.76 Å². The van der Waals surface area contributed by atoms with Crippen LogP contribution in [0.2, 0.25) is 0 Å². The molecule has 1 aliphatic heterocycles. The zero-order chi connectivity index (χ0) is 16.9. The molecular formula is C19H25N3O2. The van der Waals surface area contributed by atoms with Crippen molar-refractivity contribution in [2.24, 2.45) is 0 Å². The average molecular weight is 327 g/mol. The second-order valence-electron chi connectivity index (χ2n) is 6.43. The molecule has 0 saturated carbocycles. The van der Waals surface area contributed by atoms with Gasteiger partial charge in [-0.05, 0) is 45.2 Å². The standard InChI is InChI=1S/C19H25N3O2/c1-14-18(15(2)24-21-14)10-11-19(23)20-13-17-9-6-12-22(17)16-7-4-3-5-8-16/h3-5,7-8,17H,6,9-13H2,1-2H3,(H,20,23). The molecule has 0 aliphatic carbocycles. The van der Waals surface area contributed by atoms with Gasteiger partial charge in [-0.25, -0.2) is 0 Å². The van der Waals surface area contributed by atoms with E-state index in [1.54, 1.807) is 0 Å². The summed E-state index contributed by atoms with van der Waals surface area (Å²) in [4.78, 5) is 14.6. The number of para-hydroxylation sites is 1. The number of hydrogen-bond acceptors (Lipinski definition) is 4. The van der Waals surface area contributed by atoms with Gasteiger partial charge < -0.3 is 14.7 Å². The third-order valence-corrected chi connectivity index (χ3v) is 4.78. The number of carbonyl (C=O) groups is 1. The predicted octanol–water partition coefficient (Wildman–Crippen LogP) is 3.01. The van der Waals surface area contributed by atoms with Crippen molar-refractivity contribution < 1.29 is 9.32 Å². The van der Waals surface area contributed by atoms with Crippen molar-refractivity contribution in [3.8, 4) is 0 Å². The molecule has 1 fully saturated rings. The van der Waals surface area contributed by atoms with Crippen LogP contribution in [0.4, 0.5) is 5.69 Å². The molecule has 0 radical (unpaired) electrons. The number of nitrogens with one attached hydrogen (secondary N) is 1. The molecule has 1 aliphatic rings. The maximum absolute atomic E-state index is 12.2. The number of benzene rings is 1. The van der Waals surface area contributed by atoms with Gasteiger partial charge in [-0.15, -0.1) is 0 Å². The Morgan fingerprint density at radius 1 is 1.33 bits per heavy atom. The molecule has 5 heteroatoms. The van der Waals surface area contributed by atoms with Crippen LogP contribution in [0, 0.1) is 13.8 Å². The summed E-state index contributed by atoms with van der Waals surface area (Å²) in [7, 11) is 0. The lowest BCUT2D eigenvalue weighted by Crippen LogP contribution is -2.40. The summed E-state index contributed by atoms with van der Waals surface area (Å²) < 4.78 is 5.14. The first-order valence-electron chi connectivity index (χ1n) is 8.65. The first kappa shape index (κ1) is 16.6. The molecule has 1 atom stereocenters. The van der Waals surface area contributed by atoms with E-state index in [1.807, 2.05) is 19.9 Å². The van der Waals surface area contributed by atoms with E-state index in [0.717, 1.165) is 30.0 Å². The largest absolute Gasteiger partial charge is 0.367 e. The Labute approximate surface area is 143 Å². The fourth-order valence-electron chi connectivity index (χ4n) is 3.42. The van der Waals surface area contributed by atoms with Gasteiger partial charge in [0, 0.05) is 36.8 Å². The van der Waals surface area contributed by atoms with Crippen molar-refractivity contribution in [2.75, 3.05) is 18.0 Å². The maximum Gasteiger partial charge on any atom is 0.220 e. The predicted molar refractivity (Wildman–Crippen MR) is 94.1 cm³/mol. The van der Waals surface area contributed by atoms with Crippen molar-refractivity contribution in [1.82, 2.24) is 10.5 Å². The van der Waals surface area contributed by atoms with E-state index in [2.05, 4.69) is 39.6 Å². The Morgan fingerprint density at radius 2 is 2.12 bits per heavy atom. The van der Waals surface area contributed by atoms with Crippen LogP contribution < -0.4 is 10.2 Å². The molecule has 5 nitrogen and oxygen atoms in total. The number of amides is 1. The van der Waals surface area contributed by atoms with Crippen LogP contribution in [0.3, 0.4) is 0 Å². The van der Waals surface area contributed by atoms with Gasteiger partial charge in [-0.1, -0.05) is 23.4 Å². The summed E-state index contributed by atoms with van der Waals surface area (Å²) in [5.41, 5.74) is 3.17. The Balaban J connectivity index is 1.49. The van der Waals surface area contributed by atoms with Crippen LogP contribution in [0.5, 0.6) is 0 Å². The van der Waals surface area contributed by atoms with Crippen LogP contribution in [0.1, 0.15) is 36.3 Å². The van der Waals surface area contributed by atoms with Crippen molar-refractivity contribution in [1.29, 1.82) is 0 Å². The average Bonchev–Trinajstić information content (AvgIpc) is 3.19. The van der Waals surface area contributed by atoms with Crippen LogP contribution >= 0.6 is 0 Å². The molecule has 1 aromatic carbocycles. The van der Waals surface area contributed by atoms with Crippen molar-refractivity contribution in [3.05, 3.63) is 47.3 Å². The second-order valence-corrected chi connectivity index (χ2v) is 6.43. The normalized spacial score (nSPS) is 17.2. The highest BCUT2D eigenvalue weighted by molar-refractivity contribution is 5.76. The Bertz CT molecular complexity index is 662. The third kappa shape index (κ3) is 3.78. The molecule has 2 aromatic rings. The lowest BCUT2D eigenvalue weighted by molar-refractivity contribution is -0.121. The number of aryl methyl sites for hydroxylation is 2. The Kier molecular flexibility index (Phi) is 5.18. The lowest BCUT2D eigenvalue weighted by atomic mass is 10.1. The van der Waals surface area contributed by atoms with E-state index < -0.39 is 0 Å². The molecule has 1 saturated heterocycles. The molecule has 1 amide bonds. The number of hydrogen-bond donors (Lipinski definition) is 1. The second kappa shape index (κ2) is 7.51. The van der Waals surface area contributed by atoms with Crippen LogP contribution in [0.15, 0.2) is 34.9 Å². The molecular weight excluding hydrogens is 302 g/mol. The first-order chi connectivity index (χ1) is 11.6. The van der Waals surface area contributed by atoms with Crippen LogP contribution in [-0.2, 0) is 11.2 Å². The van der Waals surface area contributed by atoms with E-state index in [0.29, 0.717) is 25.4 Å². The maximum atomic E-state index is 12.2. The van der Waals surface area contributed by atoms with E-state index >= 15 is 0 Å². The van der Waals surface area contributed by atoms with Crippen molar-refractivity contribution in [3.63, 3.8) is 0 Å². The van der Waals surface area contributed by atoms with Gasteiger partial charge in [-0.2, -0.15) is 0 Å². The molecule has 0 bridgehead atoms. The highest BCUT2D eigenvalue weighted by atomic mass is 16.5. The van der Waals surface area contributed by atoms with Gasteiger partial charge in [0.05, 0.1) is 5.69 Å². The minimum Gasteiger partial charge on any atom is -0.367 e. The van der Waals surface area contributed by atoms with E-state index in [9.17, 15) is 4.79 Å². The van der Waals surface area contributed by atoms with Gasteiger partial charge in [0.25, 0.3) is 0 Å². The highest BCUT2D eigenvalue weighted by Gasteiger charge is 2.24. The summed E-state index contributed by atoms with van der Waals surface area (Å²) in [5.74, 6) is 0.904. The van der Waals surface area contributed by atoms with E-state index in [4.69, 9.17) is 4.52 Å². The number of aromatic nitrogens is 1. The molecule has 24 heavy (non-hydrogen) atoms. The topological polar surface area (TPSA) is 58.4 Å². The van der Waals surface area contributed by atoms with Gasteiger partial charge >= 0.3 is 0 Å². The molecule has 0 spiro atoms. The molecule has 1 aromatic heterocycles. The van der Waals surface area contributed by atoms with E-state index in [-0.39, 0.29) is 5.91 Å². The number of rotatable bonds is 6. The fourth-order valence-corrected chi connectivity index (χ4v) is 3.42. The monoisotopic (exact) mass is 327 g/mol. The number of nitrogens with zero attached hydrogens (tertiary/aromatic N) is 2. The van der Waals surface area contributed by atoms with Crippen LogP contribution in [-0.4, -0.2) is 30.2 Å². The quantitative estimate of drug-likeness (QED) is 0.886. The molecule has 3 rings (SSSR count). The number of carbonyl (C=O) groups excluding carboxylic acids is 1. The Morgan fingerprint density at radius 3 is 2.83 bits per heavy atom. The smallest absolute Gasteiger partial charge is 0.220 e. The minimum atomic E-state index is 0.0925. The molecule has 1 unspecified atom stereocenters. The molecule has 128 valence electrons. The molecule has 2 heterocycles. The summed E-state index contributed by atoms with van der Waals surface area (Å²) >= 11 is 0. The van der Waals surface area contributed by atoms with Crippen LogP contribution in [0.25, 0.3) is 0 Å². The third-order valence-electron chi connectivity index (χ3n) is 4.78. The van der Waals surface area contributed by atoms with Crippen molar-refractivity contribution >= 4 is 11.6 Å². The number of anilines is 1. The summed E-state index contributed by atoms with van der Waals surface area (Å²) in [6.07, 6.45) is 3.45. The first-order valence-corrected chi connectivity index (χ1v) is 8.65. The zero-order valence-electron chi connectivity index (χ0n) is 14.4. The summed E-state index contributed by atoms with van der Waals surface area (Å²) in [6, 6.07) is 10.8. The lowest BCUT2D eigenvalue weighted by Gasteiger charge is -2.27. The van der Waals surface area contributed by atoms with Gasteiger partial charge in [0.2, 0.25) is 5.91 Å². The Hall–Kier alpha value is -2.30. The summed E-state index contributed by atoms with van der Waals surface area (Å²) in [6.45, 7) is 5.57. The fraction of sp³-hybridized carbons (Fsp3) is 0.474. The minimum absolute atomic E-state index is 0.0925. The zero-order valence-corrected chi connectivity index (χ0v) is 14.4. The van der Waals surface area contributed by atoms with Gasteiger partial charge in [-0.3, -0.25) is 4.79 Å². The molecule has 1 N–H and O–H groups in total.